The normalized spacial score (nSPS) is 20.8. The SMILES string of the molecule is OCCN[C@@H](Cc1ccccc1)[C@H]1CC=CCC1. The van der Waals surface area contributed by atoms with Crippen LogP contribution in [0.2, 0.25) is 0 Å². The third-order valence-electron chi connectivity index (χ3n) is 3.70. The van der Waals surface area contributed by atoms with Crippen molar-refractivity contribution in [1.82, 2.24) is 5.32 Å². The molecule has 0 saturated carbocycles. The average Bonchev–Trinajstić information content (AvgIpc) is 2.45. The zero-order valence-corrected chi connectivity index (χ0v) is 10.9. The fourth-order valence-corrected chi connectivity index (χ4v) is 2.71. The topological polar surface area (TPSA) is 32.3 Å². The van der Waals surface area contributed by atoms with Gasteiger partial charge in [0, 0.05) is 12.6 Å². The van der Waals surface area contributed by atoms with Crippen LogP contribution in [-0.4, -0.2) is 24.3 Å². The number of hydrogen-bond donors (Lipinski definition) is 2. The molecule has 1 aliphatic rings. The van der Waals surface area contributed by atoms with E-state index in [9.17, 15) is 0 Å². The van der Waals surface area contributed by atoms with Crippen LogP contribution in [0.3, 0.4) is 0 Å². The molecule has 0 fully saturated rings. The van der Waals surface area contributed by atoms with Crippen molar-refractivity contribution in [2.24, 2.45) is 5.92 Å². The summed E-state index contributed by atoms with van der Waals surface area (Å²) >= 11 is 0. The van der Waals surface area contributed by atoms with Gasteiger partial charge in [0.15, 0.2) is 0 Å². The maximum absolute atomic E-state index is 9.00. The first kappa shape index (κ1) is 13.3. The van der Waals surface area contributed by atoms with E-state index in [0.717, 1.165) is 12.8 Å². The molecule has 0 heterocycles. The molecule has 0 spiro atoms. The molecule has 18 heavy (non-hydrogen) atoms. The molecule has 1 aliphatic carbocycles. The first-order valence-corrected chi connectivity index (χ1v) is 6.93. The lowest BCUT2D eigenvalue weighted by Gasteiger charge is -2.29. The van der Waals surface area contributed by atoms with Crippen molar-refractivity contribution < 1.29 is 5.11 Å². The fourth-order valence-electron chi connectivity index (χ4n) is 2.71. The molecule has 1 aromatic rings. The van der Waals surface area contributed by atoms with Crippen molar-refractivity contribution in [3.8, 4) is 0 Å². The third kappa shape index (κ3) is 3.97. The second kappa shape index (κ2) is 7.34. The minimum Gasteiger partial charge on any atom is -0.395 e. The van der Waals surface area contributed by atoms with Crippen LogP contribution >= 0.6 is 0 Å². The Kier molecular flexibility index (Phi) is 5.43. The summed E-state index contributed by atoms with van der Waals surface area (Å²) in [5.41, 5.74) is 1.38. The van der Waals surface area contributed by atoms with Crippen LogP contribution < -0.4 is 5.32 Å². The summed E-state index contributed by atoms with van der Waals surface area (Å²) in [6.07, 6.45) is 9.24. The number of allylic oxidation sites excluding steroid dienone is 2. The van der Waals surface area contributed by atoms with Gasteiger partial charge in [-0.15, -0.1) is 0 Å². The number of hydrogen-bond acceptors (Lipinski definition) is 2. The first-order chi connectivity index (χ1) is 8.90. The van der Waals surface area contributed by atoms with Gasteiger partial charge in [-0.3, -0.25) is 0 Å². The Morgan fingerprint density at radius 1 is 1.22 bits per heavy atom. The van der Waals surface area contributed by atoms with Gasteiger partial charge in [-0.05, 0) is 37.2 Å². The summed E-state index contributed by atoms with van der Waals surface area (Å²) in [6.45, 7) is 0.908. The predicted molar refractivity (Wildman–Crippen MR) is 75.5 cm³/mol. The summed E-state index contributed by atoms with van der Waals surface area (Å²) < 4.78 is 0. The predicted octanol–water partition coefficient (Wildman–Crippen LogP) is 2.54. The molecule has 0 saturated heterocycles. The minimum absolute atomic E-state index is 0.216. The van der Waals surface area contributed by atoms with E-state index in [0.29, 0.717) is 18.5 Å². The molecule has 0 amide bonds. The van der Waals surface area contributed by atoms with Crippen molar-refractivity contribution in [3.63, 3.8) is 0 Å². The zero-order valence-electron chi connectivity index (χ0n) is 10.9. The van der Waals surface area contributed by atoms with Crippen LogP contribution in [0, 0.1) is 5.92 Å². The molecule has 2 N–H and O–H groups in total. The lowest BCUT2D eigenvalue weighted by Crippen LogP contribution is -2.40. The second-order valence-corrected chi connectivity index (χ2v) is 5.02. The van der Waals surface area contributed by atoms with Crippen LogP contribution in [-0.2, 0) is 6.42 Å². The maximum Gasteiger partial charge on any atom is 0.0556 e. The van der Waals surface area contributed by atoms with Crippen molar-refractivity contribution >= 4 is 0 Å². The maximum atomic E-state index is 9.00. The van der Waals surface area contributed by atoms with E-state index in [1.54, 1.807) is 0 Å². The molecule has 0 aliphatic heterocycles. The number of aliphatic hydroxyl groups excluding tert-OH is 1. The molecule has 2 nitrogen and oxygen atoms in total. The Labute approximate surface area is 110 Å². The van der Waals surface area contributed by atoms with Gasteiger partial charge in [0.25, 0.3) is 0 Å². The van der Waals surface area contributed by atoms with Crippen molar-refractivity contribution in [1.29, 1.82) is 0 Å². The molecule has 0 unspecified atom stereocenters. The summed E-state index contributed by atoms with van der Waals surface area (Å²) in [7, 11) is 0. The number of aliphatic hydroxyl groups is 1. The zero-order chi connectivity index (χ0) is 12.6. The highest BCUT2D eigenvalue weighted by atomic mass is 16.3. The quantitative estimate of drug-likeness (QED) is 0.755. The molecule has 98 valence electrons. The van der Waals surface area contributed by atoms with E-state index in [2.05, 4.69) is 47.8 Å². The first-order valence-electron chi connectivity index (χ1n) is 6.93. The Morgan fingerprint density at radius 2 is 2.06 bits per heavy atom. The van der Waals surface area contributed by atoms with Gasteiger partial charge in [0.2, 0.25) is 0 Å². The number of benzene rings is 1. The molecule has 2 rings (SSSR count). The van der Waals surface area contributed by atoms with E-state index in [4.69, 9.17) is 5.11 Å². The fraction of sp³-hybridized carbons (Fsp3) is 0.500. The summed E-state index contributed by atoms with van der Waals surface area (Å²) in [5.74, 6) is 0.696. The van der Waals surface area contributed by atoms with Crippen molar-refractivity contribution in [3.05, 3.63) is 48.0 Å². The highest BCUT2D eigenvalue weighted by Gasteiger charge is 2.21. The molecule has 2 heteroatoms. The number of nitrogens with one attached hydrogen (secondary N) is 1. The third-order valence-corrected chi connectivity index (χ3v) is 3.70. The Hall–Kier alpha value is -1.12. The standard InChI is InChI=1S/C16H23NO/c18-12-11-17-16(15-9-5-2-6-10-15)13-14-7-3-1-4-8-14/h1-5,7-8,15-18H,6,9-13H2/t15-,16-/m0/s1. The molecule has 2 atom stereocenters. The van der Waals surface area contributed by atoms with E-state index in [1.807, 2.05) is 0 Å². The highest BCUT2D eigenvalue weighted by molar-refractivity contribution is 5.16. The number of rotatable bonds is 6. The molecule has 0 aromatic heterocycles. The monoisotopic (exact) mass is 245 g/mol. The van der Waals surface area contributed by atoms with E-state index >= 15 is 0 Å². The minimum atomic E-state index is 0.216. The smallest absolute Gasteiger partial charge is 0.0556 e. The summed E-state index contributed by atoms with van der Waals surface area (Å²) in [5, 5.41) is 12.5. The van der Waals surface area contributed by atoms with Gasteiger partial charge in [-0.25, -0.2) is 0 Å². The van der Waals surface area contributed by atoms with Gasteiger partial charge in [0.05, 0.1) is 6.61 Å². The molecular formula is C16H23NO. The average molecular weight is 245 g/mol. The largest absolute Gasteiger partial charge is 0.395 e. The molecule has 0 radical (unpaired) electrons. The summed E-state index contributed by atoms with van der Waals surface area (Å²) in [6, 6.07) is 11.1. The molecular weight excluding hydrogens is 222 g/mol. The highest BCUT2D eigenvalue weighted by Crippen LogP contribution is 2.24. The second-order valence-electron chi connectivity index (χ2n) is 5.02. The summed E-state index contributed by atoms with van der Waals surface area (Å²) in [4.78, 5) is 0. The Bertz CT molecular complexity index is 361. The van der Waals surface area contributed by atoms with E-state index < -0.39 is 0 Å². The van der Waals surface area contributed by atoms with Crippen LogP contribution in [0.5, 0.6) is 0 Å². The molecule has 0 bridgehead atoms. The van der Waals surface area contributed by atoms with Crippen LogP contribution in [0.4, 0.5) is 0 Å². The van der Waals surface area contributed by atoms with Crippen LogP contribution in [0.25, 0.3) is 0 Å². The lowest BCUT2D eigenvalue weighted by atomic mass is 9.84. The molecule has 1 aromatic carbocycles. The van der Waals surface area contributed by atoms with E-state index in [-0.39, 0.29) is 6.61 Å². The van der Waals surface area contributed by atoms with Gasteiger partial charge in [-0.2, -0.15) is 0 Å². The van der Waals surface area contributed by atoms with Crippen molar-refractivity contribution in [2.75, 3.05) is 13.2 Å². The van der Waals surface area contributed by atoms with Gasteiger partial charge in [-0.1, -0.05) is 42.5 Å². The van der Waals surface area contributed by atoms with Gasteiger partial charge < -0.3 is 10.4 Å². The lowest BCUT2D eigenvalue weighted by molar-refractivity contribution is 0.260. The van der Waals surface area contributed by atoms with Gasteiger partial charge >= 0.3 is 0 Å². The van der Waals surface area contributed by atoms with Crippen molar-refractivity contribution in [2.45, 2.75) is 31.7 Å². The van der Waals surface area contributed by atoms with Gasteiger partial charge in [0.1, 0.15) is 0 Å². The van der Waals surface area contributed by atoms with Crippen LogP contribution in [0.15, 0.2) is 42.5 Å². The van der Waals surface area contributed by atoms with E-state index in [1.165, 1.54) is 18.4 Å². The Balaban J connectivity index is 1.97. The van der Waals surface area contributed by atoms with Crippen LogP contribution in [0.1, 0.15) is 24.8 Å². The Morgan fingerprint density at radius 3 is 2.72 bits per heavy atom.